The van der Waals surface area contributed by atoms with Gasteiger partial charge in [0.15, 0.2) is 0 Å². The van der Waals surface area contributed by atoms with Gasteiger partial charge in [-0.25, -0.2) is 4.98 Å². The van der Waals surface area contributed by atoms with Crippen molar-refractivity contribution in [2.45, 2.75) is 45.2 Å². The molecule has 1 unspecified atom stereocenters. The summed E-state index contributed by atoms with van der Waals surface area (Å²) in [6, 6.07) is 0.335. The lowest BCUT2D eigenvalue weighted by molar-refractivity contribution is 0.468. The Kier molecular flexibility index (Phi) is 2.12. The van der Waals surface area contributed by atoms with Gasteiger partial charge in [-0.1, -0.05) is 13.8 Å². The quantitative estimate of drug-likeness (QED) is 0.705. The van der Waals surface area contributed by atoms with E-state index >= 15 is 0 Å². The molecule has 1 aromatic rings. The van der Waals surface area contributed by atoms with Gasteiger partial charge in [-0.3, -0.25) is 0 Å². The van der Waals surface area contributed by atoms with Crippen LogP contribution in [0.25, 0.3) is 0 Å². The summed E-state index contributed by atoms with van der Waals surface area (Å²) in [7, 11) is 0. The van der Waals surface area contributed by atoms with Crippen LogP contribution in [0.15, 0.2) is 6.33 Å². The Labute approximate surface area is 79.0 Å². The van der Waals surface area contributed by atoms with Crippen molar-refractivity contribution in [3.05, 3.63) is 17.7 Å². The Hall–Kier alpha value is -0.830. The van der Waals surface area contributed by atoms with E-state index in [4.69, 9.17) is 5.73 Å². The molecule has 0 amide bonds. The number of imidazole rings is 1. The van der Waals surface area contributed by atoms with Gasteiger partial charge in [0.1, 0.15) is 0 Å². The highest BCUT2D eigenvalue weighted by atomic mass is 15.1. The van der Waals surface area contributed by atoms with E-state index in [1.165, 1.54) is 11.4 Å². The number of aromatic nitrogens is 2. The van der Waals surface area contributed by atoms with E-state index in [0.717, 1.165) is 19.4 Å². The fraction of sp³-hybridized carbons (Fsp3) is 0.700. The Morgan fingerprint density at radius 2 is 2.38 bits per heavy atom. The van der Waals surface area contributed by atoms with Crippen molar-refractivity contribution < 1.29 is 0 Å². The minimum absolute atomic E-state index is 0.335. The van der Waals surface area contributed by atoms with Crippen molar-refractivity contribution in [2.24, 2.45) is 5.73 Å². The van der Waals surface area contributed by atoms with E-state index in [0.29, 0.717) is 12.0 Å². The third-order valence-electron chi connectivity index (χ3n) is 2.72. The highest BCUT2D eigenvalue weighted by Gasteiger charge is 2.20. The van der Waals surface area contributed by atoms with Gasteiger partial charge in [0.05, 0.1) is 12.0 Å². The van der Waals surface area contributed by atoms with Gasteiger partial charge >= 0.3 is 0 Å². The Morgan fingerprint density at radius 1 is 1.62 bits per heavy atom. The van der Waals surface area contributed by atoms with Gasteiger partial charge in [-0.2, -0.15) is 0 Å². The number of hydrogen-bond donors (Lipinski definition) is 1. The molecule has 0 fully saturated rings. The normalized spacial score (nSPS) is 22.0. The van der Waals surface area contributed by atoms with E-state index in [1.807, 2.05) is 6.33 Å². The van der Waals surface area contributed by atoms with Gasteiger partial charge in [0, 0.05) is 24.7 Å². The van der Waals surface area contributed by atoms with Gasteiger partial charge in [0.25, 0.3) is 0 Å². The summed E-state index contributed by atoms with van der Waals surface area (Å²) in [5, 5.41) is 0. The molecule has 2 heterocycles. The topological polar surface area (TPSA) is 43.8 Å². The second kappa shape index (κ2) is 3.14. The summed E-state index contributed by atoms with van der Waals surface area (Å²) in [4.78, 5) is 4.44. The lowest BCUT2D eigenvalue weighted by atomic mass is 9.99. The average Bonchev–Trinajstić information content (AvgIpc) is 2.46. The molecule has 0 saturated heterocycles. The molecule has 0 spiro atoms. The maximum atomic E-state index is 5.94. The van der Waals surface area contributed by atoms with Crippen molar-refractivity contribution in [1.82, 2.24) is 9.55 Å². The molecular weight excluding hydrogens is 162 g/mol. The third kappa shape index (κ3) is 1.48. The molecule has 72 valence electrons. The number of hydrogen-bond acceptors (Lipinski definition) is 2. The van der Waals surface area contributed by atoms with E-state index < -0.39 is 0 Å². The zero-order chi connectivity index (χ0) is 9.42. The first-order valence-electron chi connectivity index (χ1n) is 4.98. The van der Waals surface area contributed by atoms with Crippen LogP contribution in [0.1, 0.15) is 37.6 Å². The van der Waals surface area contributed by atoms with Crippen LogP contribution in [-0.2, 0) is 13.0 Å². The van der Waals surface area contributed by atoms with Gasteiger partial charge in [-0.15, -0.1) is 0 Å². The van der Waals surface area contributed by atoms with Crippen molar-refractivity contribution in [3.63, 3.8) is 0 Å². The molecule has 3 nitrogen and oxygen atoms in total. The van der Waals surface area contributed by atoms with Crippen LogP contribution in [0.3, 0.4) is 0 Å². The van der Waals surface area contributed by atoms with Gasteiger partial charge < -0.3 is 10.3 Å². The van der Waals surface area contributed by atoms with Crippen molar-refractivity contribution in [3.8, 4) is 0 Å². The second-order valence-corrected chi connectivity index (χ2v) is 4.18. The molecule has 1 atom stereocenters. The maximum absolute atomic E-state index is 5.94. The first kappa shape index (κ1) is 8.75. The Bertz CT molecular complexity index is 301. The average molecular weight is 179 g/mol. The molecule has 1 aliphatic rings. The monoisotopic (exact) mass is 179 g/mol. The highest BCUT2D eigenvalue weighted by molar-refractivity contribution is 5.19. The Balaban J connectivity index is 2.35. The smallest absolute Gasteiger partial charge is 0.0951 e. The largest absolute Gasteiger partial charge is 0.334 e. The molecule has 0 aromatic carbocycles. The van der Waals surface area contributed by atoms with Crippen molar-refractivity contribution in [1.29, 1.82) is 0 Å². The zero-order valence-electron chi connectivity index (χ0n) is 8.33. The molecule has 0 radical (unpaired) electrons. The summed E-state index contributed by atoms with van der Waals surface area (Å²) in [5.41, 5.74) is 8.52. The first-order chi connectivity index (χ1) is 6.18. The van der Waals surface area contributed by atoms with Gasteiger partial charge in [0.2, 0.25) is 0 Å². The van der Waals surface area contributed by atoms with Crippen LogP contribution in [0.5, 0.6) is 0 Å². The molecule has 1 aliphatic heterocycles. The van der Waals surface area contributed by atoms with Gasteiger partial charge in [-0.05, 0) is 12.3 Å². The molecule has 0 saturated carbocycles. The second-order valence-electron chi connectivity index (χ2n) is 4.18. The minimum Gasteiger partial charge on any atom is -0.334 e. The van der Waals surface area contributed by atoms with Crippen LogP contribution in [0, 0.1) is 0 Å². The maximum Gasteiger partial charge on any atom is 0.0951 e. The summed E-state index contributed by atoms with van der Waals surface area (Å²) >= 11 is 0. The van der Waals surface area contributed by atoms with Crippen LogP contribution < -0.4 is 5.73 Å². The molecule has 13 heavy (non-hydrogen) atoms. The SMILES string of the molecule is CC(C)c1ncn2c1CC(N)CC2. The fourth-order valence-electron chi connectivity index (χ4n) is 1.98. The number of fused-ring (bicyclic) bond motifs is 1. The minimum atomic E-state index is 0.335. The number of nitrogens with zero attached hydrogens (tertiary/aromatic N) is 2. The molecule has 1 aromatic heterocycles. The van der Waals surface area contributed by atoms with E-state index in [-0.39, 0.29) is 0 Å². The summed E-state index contributed by atoms with van der Waals surface area (Å²) in [6.45, 7) is 5.41. The van der Waals surface area contributed by atoms with E-state index in [2.05, 4.69) is 23.4 Å². The molecular formula is C10H17N3. The molecule has 2 rings (SSSR count). The van der Waals surface area contributed by atoms with Crippen molar-refractivity contribution >= 4 is 0 Å². The highest BCUT2D eigenvalue weighted by Crippen LogP contribution is 2.22. The lowest BCUT2D eigenvalue weighted by Gasteiger charge is -2.21. The molecule has 3 heteroatoms. The first-order valence-corrected chi connectivity index (χ1v) is 4.98. The fourth-order valence-corrected chi connectivity index (χ4v) is 1.98. The lowest BCUT2D eigenvalue weighted by Crippen LogP contribution is -2.30. The molecule has 2 N–H and O–H groups in total. The third-order valence-corrected chi connectivity index (χ3v) is 2.72. The van der Waals surface area contributed by atoms with Crippen LogP contribution in [0.4, 0.5) is 0 Å². The van der Waals surface area contributed by atoms with Crippen LogP contribution >= 0.6 is 0 Å². The predicted molar refractivity (Wildman–Crippen MR) is 52.6 cm³/mol. The standard InChI is InChI=1S/C10H17N3/c1-7(2)10-9-5-8(11)3-4-13(9)6-12-10/h6-8H,3-5,11H2,1-2H3. The summed E-state index contributed by atoms with van der Waals surface area (Å²) in [6.07, 6.45) is 4.03. The zero-order valence-corrected chi connectivity index (χ0v) is 8.33. The summed E-state index contributed by atoms with van der Waals surface area (Å²) in [5.74, 6) is 0.515. The van der Waals surface area contributed by atoms with Crippen LogP contribution in [0.2, 0.25) is 0 Å². The number of rotatable bonds is 1. The van der Waals surface area contributed by atoms with Crippen molar-refractivity contribution in [2.75, 3.05) is 0 Å². The van der Waals surface area contributed by atoms with E-state index in [9.17, 15) is 0 Å². The van der Waals surface area contributed by atoms with Crippen LogP contribution in [-0.4, -0.2) is 15.6 Å². The Morgan fingerprint density at radius 3 is 3.08 bits per heavy atom. The molecule has 0 aliphatic carbocycles. The molecule has 0 bridgehead atoms. The number of nitrogens with two attached hydrogens (primary N) is 1. The predicted octanol–water partition coefficient (Wildman–Crippen LogP) is 1.28. The number of aryl methyl sites for hydroxylation is 1. The van der Waals surface area contributed by atoms with E-state index in [1.54, 1.807) is 0 Å². The summed E-state index contributed by atoms with van der Waals surface area (Å²) < 4.78 is 2.25.